The van der Waals surface area contributed by atoms with E-state index in [1.54, 1.807) is 0 Å². The average Bonchev–Trinajstić information content (AvgIpc) is 2.63. The number of amides is 1. The molecule has 1 aromatic rings. The molecular formula is C12H22N6O. The topological polar surface area (TPSA) is 95.6 Å². The van der Waals surface area contributed by atoms with E-state index in [1.165, 1.54) is 0 Å². The standard InChI is InChI=1S/C12H22N6O/c1-11(2)6-8(7-12(3,4)16-11)13-10(19)5-9-14-17-18-15-9/h8,16H,5-7H2,1-4H3,(H,13,19)(H,14,15,17,18). The summed E-state index contributed by atoms with van der Waals surface area (Å²) in [5, 5.41) is 20.0. The molecule has 1 aromatic heterocycles. The Labute approximate surface area is 112 Å². The van der Waals surface area contributed by atoms with Crippen LogP contribution in [0.1, 0.15) is 46.4 Å². The predicted molar refractivity (Wildman–Crippen MR) is 70.3 cm³/mol. The van der Waals surface area contributed by atoms with E-state index >= 15 is 0 Å². The van der Waals surface area contributed by atoms with Crippen molar-refractivity contribution in [3.63, 3.8) is 0 Å². The van der Waals surface area contributed by atoms with Gasteiger partial charge >= 0.3 is 0 Å². The van der Waals surface area contributed by atoms with Gasteiger partial charge in [-0.25, -0.2) is 0 Å². The molecule has 0 unspecified atom stereocenters. The number of tetrazole rings is 1. The summed E-state index contributed by atoms with van der Waals surface area (Å²) in [6.45, 7) is 8.64. The first-order valence-electron chi connectivity index (χ1n) is 6.57. The Balaban J connectivity index is 1.93. The molecule has 2 heterocycles. The van der Waals surface area contributed by atoms with E-state index in [4.69, 9.17) is 0 Å². The molecule has 0 radical (unpaired) electrons. The van der Waals surface area contributed by atoms with E-state index in [9.17, 15) is 4.79 Å². The molecule has 0 bridgehead atoms. The van der Waals surface area contributed by atoms with Gasteiger partial charge in [0.2, 0.25) is 5.91 Å². The maximum atomic E-state index is 11.9. The Kier molecular flexibility index (Phi) is 3.58. The molecule has 1 saturated heterocycles. The molecule has 0 aliphatic carbocycles. The number of nitrogens with one attached hydrogen (secondary N) is 3. The third-order valence-corrected chi connectivity index (χ3v) is 3.26. The minimum atomic E-state index is -0.0556. The molecule has 1 amide bonds. The highest BCUT2D eigenvalue weighted by Gasteiger charge is 2.38. The van der Waals surface area contributed by atoms with E-state index in [0.717, 1.165) is 12.8 Å². The zero-order valence-electron chi connectivity index (χ0n) is 11.9. The summed E-state index contributed by atoms with van der Waals surface area (Å²) < 4.78 is 0. The van der Waals surface area contributed by atoms with Crippen molar-refractivity contribution in [3.05, 3.63) is 5.82 Å². The number of aromatic amines is 1. The van der Waals surface area contributed by atoms with E-state index in [0.29, 0.717) is 5.82 Å². The van der Waals surface area contributed by atoms with E-state index in [2.05, 4.69) is 59.0 Å². The minimum Gasteiger partial charge on any atom is -0.353 e. The van der Waals surface area contributed by atoms with Crippen molar-refractivity contribution in [2.45, 2.75) is 64.1 Å². The third-order valence-electron chi connectivity index (χ3n) is 3.26. The minimum absolute atomic E-state index is 0.0197. The molecule has 1 fully saturated rings. The van der Waals surface area contributed by atoms with Gasteiger partial charge < -0.3 is 10.6 Å². The van der Waals surface area contributed by atoms with Crippen LogP contribution in [0.2, 0.25) is 0 Å². The van der Waals surface area contributed by atoms with Crippen molar-refractivity contribution in [3.8, 4) is 0 Å². The van der Waals surface area contributed by atoms with Crippen LogP contribution in [0, 0.1) is 0 Å². The van der Waals surface area contributed by atoms with Gasteiger partial charge in [-0.3, -0.25) is 4.79 Å². The van der Waals surface area contributed by atoms with Crippen LogP contribution in [-0.4, -0.2) is 43.7 Å². The quantitative estimate of drug-likeness (QED) is 0.724. The van der Waals surface area contributed by atoms with Crippen LogP contribution in [-0.2, 0) is 11.2 Å². The van der Waals surface area contributed by atoms with Crippen molar-refractivity contribution in [1.29, 1.82) is 0 Å². The van der Waals surface area contributed by atoms with Crippen LogP contribution in [0.25, 0.3) is 0 Å². The van der Waals surface area contributed by atoms with Crippen LogP contribution in [0.15, 0.2) is 0 Å². The van der Waals surface area contributed by atoms with E-state index in [-0.39, 0.29) is 29.4 Å². The Hall–Kier alpha value is -1.50. The average molecular weight is 266 g/mol. The zero-order chi connectivity index (χ0) is 14.1. The number of carbonyl (C=O) groups is 1. The summed E-state index contributed by atoms with van der Waals surface area (Å²) in [4.78, 5) is 11.9. The Morgan fingerprint density at radius 1 is 1.32 bits per heavy atom. The van der Waals surface area contributed by atoms with Crippen LogP contribution in [0.4, 0.5) is 0 Å². The fraction of sp³-hybridized carbons (Fsp3) is 0.833. The van der Waals surface area contributed by atoms with Gasteiger partial charge in [-0.15, -0.1) is 10.2 Å². The fourth-order valence-electron chi connectivity index (χ4n) is 3.10. The van der Waals surface area contributed by atoms with Gasteiger partial charge in [0.25, 0.3) is 0 Å². The monoisotopic (exact) mass is 266 g/mol. The van der Waals surface area contributed by atoms with Crippen molar-refractivity contribution in [2.75, 3.05) is 0 Å². The highest BCUT2D eigenvalue weighted by Crippen LogP contribution is 2.28. The highest BCUT2D eigenvalue weighted by atomic mass is 16.1. The second-order valence-corrected chi connectivity index (χ2v) is 6.57. The molecule has 1 aliphatic rings. The van der Waals surface area contributed by atoms with Crippen LogP contribution in [0.3, 0.4) is 0 Å². The van der Waals surface area contributed by atoms with Gasteiger partial charge in [0.1, 0.15) is 0 Å². The van der Waals surface area contributed by atoms with Gasteiger partial charge in [-0.05, 0) is 40.5 Å². The van der Waals surface area contributed by atoms with E-state index in [1.807, 2.05) is 0 Å². The summed E-state index contributed by atoms with van der Waals surface area (Å²) in [7, 11) is 0. The largest absolute Gasteiger partial charge is 0.353 e. The lowest BCUT2D eigenvalue weighted by atomic mass is 9.79. The number of hydrogen-bond acceptors (Lipinski definition) is 5. The van der Waals surface area contributed by atoms with Crippen LogP contribution in [0.5, 0.6) is 0 Å². The van der Waals surface area contributed by atoms with Crippen LogP contribution >= 0.6 is 0 Å². The molecule has 7 heteroatoms. The maximum Gasteiger partial charge on any atom is 0.228 e. The molecule has 1 aliphatic heterocycles. The van der Waals surface area contributed by atoms with Crippen molar-refractivity contribution < 1.29 is 4.79 Å². The second-order valence-electron chi connectivity index (χ2n) is 6.57. The highest BCUT2D eigenvalue weighted by molar-refractivity contribution is 5.78. The summed E-state index contributed by atoms with van der Waals surface area (Å²) in [5.74, 6) is 0.366. The predicted octanol–water partition coefficient (Wildman–Crippen LogP) is 0.168. The number of piperidine rings is 1. The van der Waals surface area contributed by atoms with E-state index < -0.39 is 0 Å². The molecule has 2 rings (SSSR count). The Bertz CT molecular complexity index is 423. The van der Waals surface area contributed by atoms with Gasteiger partial charge in [-0.1, -0.05) is 5.21 Å². The van der Waals surface area contributed by atoms with Crippen molar-refractivity contribution in [2.24, 2.45) is 0 Å². The lowest BCUT2D eigenvalue weighted by molar-refractivity contribution is -0.121. The summed E-state index contributed by atoms with van der Waals surface area (Å²) >= 11 is 0. The lowest BCUT2D eigenvalue weighted by Gasteiger charge is -2.46. The number of aromatic nitrogens is 4. The molecule has 0 aromatic carbocycles. The summed E-state index contributed by atoms with van der Waals surface area (Å²) in [5.41, 5.74) is 0.0394. The summed E-state index contributed by atoms with van der Waals surface area (Å²) in [6.07, 6.45) is 1.99. The smallest absolute Gasteiger partial charge is 0.228 e. The Morgan fingerprint density at radius 2 is 1.95 bits per heavy atom. The fourth-order valence-corrected chi connectivity index (χ4v) is 3.10. The first-order chi connectivity index (χ1) is 8.76. The number of H-pyrrole nitrogens is 1. The number of nitrogens with zero attached hydrogens (tertiary/aromatic N) is 3. The molecular weight excluding hydrogens is 244 g/mol. The number of rotatable bonds is 3. The molecule has 0 atom stereocenters. The normalized spacial score (nSPS) is 22.1. The second kappa shape index (κ2) is 4.88. The van der Waals surface area contributed by atoms with Gasteiger partial charge in [0.05, 0.1) is 6.42 Å². The maximum absolute atomic E-state index is 11.9. The number of hydrogen-bond donors (Lipinski definition) is 3. The van der Waals surface area contributed by atoms with Crippen molar-refractivity contribution >= 4 is 5.91 Å². The first-order valence-corrected chi connectivity index (χ1v) is 6.57. The molecule has 3 N–H and O–H groups in total. The zero-order valence-corrected chi connectivity index (χ0v) is 11.9. The Morgan fingerprint density at radius 3 is 2.47 bits per heavy atom. The summed E-state index contributed by atoms with van der Waals surface area (Å²) in [6, 6.07) is 0.172. The molecule has 106 valence electrons. The molecule has 19 heavy (non-hydrogen) atoms. The SMILES string of the molecule is CC1(C)CC(NC(=O)Cc2nn[nH]n2)CC(C)(C)N1. The first kappa shape index (κ1) is 13.9. The molecule has 0 spiro atoms. The molecule has 0 saturated carbocycles. The van der Waals surface area contributed by atoms with Crippen molar-refractivity contribution in [1.82, 2.24) is 31.3 Å². The van der Waals surface area contributed by atoms with Gasteiger partial charge in [-0.2, -0.15) is 5.21 Å². The lowest BCUT2D eigenvalue weighted by Crippen LogP contribution is -2.62. The molecule has 7 nitrogen and oxygen atoms in total. The third kappa shape index (κ3) is 3.99. The van der Waals surface area contributed by atoms with Gasteiger partial charge in [0, 0.05) is 17.1 Å². The van der Waals surface area contributed by atoms with Gasteiger partial charge in [0.15, 0.2) is 5.82 Å². The number of carbonyl (C=O) groups excluding carboxylic acids is 1. The van der Waals surface area contributed by atoms with Crippen LogP contribution < -0.4 is 10.6 Å².